The number of H-pyrrole nitrogens is 1. The second-order valence-electron chi connectivity index (χ2n) is 15.3. The molecule has 0 spiro atoms. The summed E-state index contributed by atoms with van der Waals surface area (Å²) in [7, 11) is 3.36. The third kappa shape index (κ3) is 6.39. The maximum Gasteiger partial charge on any atom is 0.138 e. The molecule has 286 valence electrons. The van der Waals surface area contributed by atoms with E-state index in [1.807, 2.05) is 24.3 Å². The van der Waals surface area contributed by atoms with Crippen molar-refractivity contribution in [3.8, 4) is 45.4 Å². The SMILES string of the molecule is COc1ccc(N(c2ccc(OC)cc2)c2ccc(-c3nc4c5ccc(-c6c(C)cc(C)cc6C)nc5c5nc(-c6c(C)cc(C)cc6C)ccc5c4[nH]3)cc2)cc1. The van der Waals surface area contributed by atoms with Gasteiger partial charge in [-0.05, 0) is 161 Å². The molecule has 0 unspecified atom stereocenters. The lowest BCUT2D eigenvalue weighted by Gasteiger charge is -2.26. The van der Waals surface area contributed by atoms with Gasteiger partial charge in [0.1, 0.15) is 17.3 Å². The van der Waals surface area contributed by atoms with Gasteiger partial charge in [-0.2, -0.15) is 0 Å². The third-order valence-corrected chi connectivity index (χ3v) is 11.2. The first-order valence-electron chi connectivity index (χ1n) is 19.6. The number of ether oxygens (including phenoxy) is 2. The van der Waals surface area contributed by atoms with E-state index in [-0.39, 0.29) is 0 Å². The fourth-order valence-electron chi connectivity index (χ4n) is 8.70. The molecule has 1 N–H and O–H groups in total. The molecule has 0 radical (unpaired) electrons. The molecule has 0 fully saturated rings. The highest BCUT2D eigenvalue weighted by atomic mass is 16.5. The van der Waals surface area contributed by atoms with Crippen LogP contribution in [0.5, 0.6) is 11.5 Å². The van der Waals surface area contributed by atoms with Crippen LogP contribution in [0.3, 0.4) is 0 Å². The number of hydrogen-bond acceptors (Lipinski definition) is 6. The van der Waals surface area contributed by atoms with Crippen LogP contribution in [-0.2, 0) is 0 Å². The van der Waals surface area contributed by atoms with Gasteiger partial charge in [-0.15, -0.1) is 0 Å². The molecule has 0 bridgehead atoms. The zero-order chi connectivity index (χ0) is 40.2. The molecule has 6 aromatic carbocycles. The molecule has 0 aliphatic heterocycles. The Balaban J connectivity index is 1.21. The molecule has 0 atom stereocenters. The Morgan fingerprint density at radius 1 is 0.448 bits per heavy atom. The summed E-state index contributed by atoms with van der Waals surface area (Å²) in [4.78, 5) is 22.1. The smallest absolute Gasteiger partial charge is 0.138 e. The topological polar surface area (TPSA) is 76.2 Å². The number of fused-ring (bicyclic) bond motifs is 6. The van der Waals surface area contributed by atoms with Gasteiger partial charge >= 0.3 is 0 Å². The Hall–Kier alpha value is -6.99. The summed E-state index contributed by atoms with van der Waals surface area (Å²) >= 11 is 0. The first kappa shape index (κ1) is 36.6. The number of aryl methyl sites for hydroxylation is 6. The average molecular weight is 760 g/mol. The van der Waals surface area contributed by atoms with E-state index in [1.165, 1.54) is 33.4 Å². The third-order valence-electron chi connectivity index (χ3n) is 11.2. The highest BCUT2D eigenvalue weighted by molar-refractivity contribution is 6.21. The van der Waals surface area contributed by atoms with E-state index in [1.54, 1.807) is 14.2 Å². The monoisotopic (exact) mass is 759 g/mol. The number of aromatic nitrogens is 4. The minimum Gasteiger partial charge on any atom is -0.497 e. The number of hydrogen-bond donors (Lipinski definition) is 1. The highest BCUT2D eigenvalue weighted by Gasteiger charge is 2.20. The van der Waals surface area contributed by atoms with Crippen molar-refractivity contribution in [3.05, 3.63) is 155 Å². The normalized spacial score (nSPS) is 11.4. The molecule has 0 aliphatic rings. The lowest BCUT2D eigenvalue weighted by molar-refractivity contribution is 0.415. The predicted octanol–water partition coefficient (Wildman–Crippen LogP) is 13.0. The van der Waals surface area contributed by atoms with Crippen LogP contribution < -0.4 is 14.4 Å². The van der Waals surface area contributed by atoms with Crippen molar-refractivity contribution in [2.45, 2.75) is 41.5 Å². The molecule has 9 rings (SSSR count). The molecule has 0 saturated heterocycles. The number of pyridine rings is 2. The maximum absolute atomic E-state index is 5.46. The second-order valence-corrected chi connectivity index (χ2v) is 15.3. The predicted molar refractivity (Wildman–Crippen MR) is 239 cm³/mol. The largest absolute Gasteiger partial charge is 0.497 e. The Kier molecular flexibility index (Phi) is 9.16. The molecule has 3 heterocycles. The first-order valence-corrected chi connectivity index (χ1v) is 19.6. The standard InChI is InChI=1S/C51H45N5O2/c1-29-25-31(3)45(32(4)26-29)43-23-21-41-47(52-43)48-42(22-24-44(53-48)46-33(5)27-30(2)28-34(46)6)50-49(41)54-51(55-50)35-9-11-36(12-10-35)56(37-13-17-39(57-7)18-14-37)38-15-19-40(58-8)20-16-38/h9-28H,1-8H3,(H,54,55). The van der Waals surface area contributed by atoms with Crippen molar-refractivity contribution in [2.24, 2.45) is 0 Å². The highest BCUT2D eigenvalue weighted by Crippen LogP contribution is 2.40. The summed E-state index contributed by atoms with van der Waals surface area (Å²) in [5.41, 5.74) is 19.0. The minimum absolute atomic E-state index is 0.777. The Morgan fingerprint density at radius 2 is 0.862 bits per heavy atom. The Bertz CT molecular complexity index is 2790. The molecule has 9 aromatic rings. The summed E-state index contributed by atoms with van der Waals surface area (Å²) < 4.78 is 10.9. The number of imidazole rings is 1. The summed E-state index contributed by atoms with van der Waals surface area (Å²) in [6, 6.07) is 42.2. The van der Waals surface area contributed by atoms with Crippen molar-refractivity contribution >= 4 is 49.9 Å². The van der Waals surface area contributed by atoms with Gasteiger partial charge in [0, 0.05) is 44.5 Å². The Morgan fingerprint density at radius 3 is 1.31 bits per heavy atom. The fraction of sp³-hybridized carbons (Fsp3) is 0.157. The van der Waals surface area contributed by atoms with Gasteiger partial charge in [0.25, 0.3) is 0 Å². The Labute approximate surface area is 339 Å². The van der Waals surface area contributed by atoms with E-state index in [2.05, 4.69) is 148 Å². The van der Waals surface area contributed by atoms with Crippen molar-refractivity contribution in [1.82, 2.24) is 19.9 Å². The molecule has 0 amide bonds. The van der Waals surface area contributed by atoms with E-state index in [9.17, 15) is 0 Å². The van der Waals surface area contributed by atoms with Crippen LogP contribution in [0, 0.1) is 41.5 Å². The van der Waals surface area contributed by atoms with E-state index in [0.717, 1.165) is 95.3 Å². The molecular formula is C51H45N5O2. The van der Waals surface area contributed by atoms with Crippen molar-refractivity contribution < 1.29 is 9.47 Å². The van der Waals surface area contributed by atoms with Gasteiger partial charge in [0.15, 0.2) is 0 Å². The van der Waals surface area contributed by atoms with E-state index >= 15 is 0 Å². The van der Waals surface area contributed by atoms with Crippen LogP contribution in [0.4, 0.5) is 17.1 Å². The quantitative estimate of drug-likeness (QED) is 0.155. The number of methoxy groups -OCH3 is 2. The van der Waals surface area contributed by atoms with Crippen LogP contribution in [0.2, 0.25) is 0 Å². The maximum atomic E-state index is 5.46. The van der Waals surface area contributed by atoms with Crippen molar-refractivity contribution in [1.29, 1.82) is 0 Å². The average Bonchev–Trinajstić information content (AvgIpc) is 3.67. The molecule has 58 heavy (non-hydrogen) atoms. The fourth-order valence-corrected chi connectivity index (χ4v) is 8.70. The van der Waals surface area contributed by atoms with Gasteiger partial charge < -0.3 is 19.4 Å². The molecule has 3 aromatic heterocycles. The van der Waals surface area contributed by atoms with Crippen molar-refractivity contribution in [3.63, 3.8) is 0 Å². The summed E-state index contributed by atoms with van der Waals surface area (Å²) in [6.07, 6.45) is 0. The second kappa shape index (κ2) is 14.5. The molecule has 0 saturated carbocycles. The first-order chi connectivity index (χ1) is 28.1. The van der Waals surface area contributed by atoms with Crippen LogP contribution in [0.15, 0.2) is 121 Å². The summed E-state index contributed by atoms with van der Waals surface area (Å²) in [6.45, 7) is 13.0. The molecule has 7 nitrogen and oxygen atoms in total. The molecule has 0 aliphatic carbocycles. The van der Waals surface area contributed by atoms with Gasteiger partial charge in [-0.3, -0.25) is 0 Å². The zero-order valence-corrected chi connectivity index (χ0v) is 34.2. The number of benzene rings is 6. The number of nitrogens with one attached hydrogen (secondary N) is 1. The van der Waals surface area contributed by atoms with E-state index in [4.69, 9.17) is 24.4 Å². The number of rotatable bonds is 8. The summed E-state index contributed by atoms with van der Waals surface area (Å²) in [5, 5.41) is 1.94. The summed E-state index contributed by atoms with van der Waals surface area (Å²) in [5.74, 6) is 2.38. The van der Waals surface area contributed by atoms with Crippen LogP contribution in [0.1, 0.15) is 33.4 Å². The zero-order valence-electron chi connectivity index (χ0n) is 34.2. The molecular weight excluding hydrogens is 715 g/mol. The minimum atomic E-state index is 0.777. The van der Waals surface area contributed by atoms with Crippen LogP contribution in [0.25, 0.3) is 66.7 Å². The van der Waals surface area contributed by atoms with Crippen LogP contribution in [-0.4, -0.2) is 34.2 Å². The number of aromatic amines is 1. The molecule has 7 heteroatoms. The van der Waals surface area contributed by atoms with Gasteiger partial charge in [-0.1, -0.05) is 35.4 Å². The van der Waals surface area contributed by atoms with E-state index in [0.29, 0.717) is 0 Å². The van der Waals surface area contributed by atoms with E-state index < -0.39 is 0 Å². The number of anilines is 3. The lowest BCUT2D eigenvalue weighted by atomic mass is 9.95. The van der Waals surface area contributed by atoms with Crippen LogP contribution >= 0.6 is 0 Å². The van der Waals surface area contributed by atoms with Gasteiger partial charge in [-0.25, -0.2) is 15.0 Å². The number of nitrogens with zero attached hydrogens (tertiary/aromatic N) is 4. The van der Waals surface area contributed by atoms with Gasteiger partial charge in [0.05, 0.1) is 47.7 Å². The van der Waals surface area contributed by atoms with Gasteiger partial charge in [0.2, 0.25) is 0 Å². The van der Waals surface area contributed by atoms with Crippen molar-refractivity contribution in [2.75, 3.05) is 19.1 Å². The lowest BCUT2D eigenvalue weighted by Crippen LogP contribution is -2.09.